The summed E-state index contributed by atoms with van der Waals surface area (Å²) in [6.07, 6.45) is -1.86. The van der Waals surface area contributed by atoms with Crippen molar-refractivity contribution in [3.63, 3.8) is 0 Å². The second-order valence-electron chi connectivity index (χ2n) is 5.51. The molecule has 0 aliphatic heterocycles. The van der Waals surface area contributed by atoms with E-state index >= 15 is 0 Å². The van der Waals surface area contributed by atoms with Gasteiger partial charge < -0.3 is 15.2 Å². The molecule has 0 saturated carbocycles. The second kappa shape index (κ2) is 7.88. The van der Waals surface area contributed by atoms with Crippen LogP contribution in [0.2, 0.25) is 0 Å². The maximum absolute atomic E-state index is 13.1. The van der Waals surface area contributed by atoms with Crippen molar-refractivity contribution in [1.29, 1.82) is 0 Å². The molecule has 2 rings (SSSR count). The average Bonchev–Trinajstić information content (AvgIpc) is 2.54. The third-order valence-electron chi connectivity index (χ3n) is 3.53. The molecule has 0 radical (unpaired) electrons. The largest absolute Gasteiger partial charge is 0.481 e. The number of aliphatic hydroxyl groups is 1. The summed E-state index contributed by atoms with van der Waals surface area (Å²) >= 11 is 0. The van der Waals surface area contributed by atoms with Crippen LogP contribution < -0.4 is 10.1 Å². The number of aliphatic hydroxyl groups excluding tert-OH is 1. The van der Waals surface area contributed by atoms with E-state index in [0.29, 0.717) is 5.56 Å². The molecule has 0 heterocycles. The number of amides is 1. The van der Waals surface area contributed by atoms with Crippen molar-refractivity contribution in [3.05, 3.63) is 65.7 Å². The van der Waals surface area contributed by atoms with Crippen LogP contribution in [0.15, 0.2) is 48.5 Å². The summed E-state index contributed by atoms with van der Waals surface area (Å²) < 4.78 is 31.4. The minimum absolute atomic E-state index is 0.240. The predicted octanol–water partition coefficient (Wildman–Crippen LogP) is 2.97. The Hall–Kier alpha value is -2.47. The molecule has 0 aromatic heterocycles. The Morgan fingerprint density at radius 2 is 1.75 bits per heavy atom. The molecular weight excluding hydrogens is 316 g/mol. The van der Waals surface area contributed by atoms with E-state index in [9.17, 15) is 18.7 Å². The van der Waals surface area contributed by atoms with E-state index in [4.69, 9.17) is 4.74 Å². The lowest BCUT2D eigenvalue weighted by atomic mass is 10.0. The smallest absolute Gasteiger partial charge is 0.261 e. The Morgan fingerprint density at radius 1 is 1.08 bits per heavy atom. The first-order valence-corrected chi connectivity index (χ1v) is 7.53. The number of rotatable bonds is 6. The lowest BCUT2D eigenvalue weighted by molar-refractivity contribution is -0.128. The lowest BCUT2D eigenvalue weighted by Gasteiger charge is -2.23. The first-order valence-electron chi connectivity index (χ1n) is 7.53. The average molecular weight is 335 g/mol. The number of hydrogen-bond acceptors (Lipinski definition) is 3. The molecule has 0 bridgehead atoms. The predicted molar refractivity (Wildman–Crippen MR) is 85.5 cm³/mol. The van der Waals surface area contributed by atoms with Gasteiger partial charge in [0.25, 0.3) is 5.91 Å². The van der Waals surface area contributed by atoms with Crippen LogP contribution in [0.4, 0.5) is 8.78 Å². The van der Waals surface area contributed by atoms with Crippen molar-refractivity contribution < 1.29 is 23.4 Å². The Bertz CT molecular complexity index is 691. The molecule has 2 N–H and O–H groups in total. The van der Waals surface area contributed by atoms with E-state index in [-0.39, 0.29) is 5.75 Å². The minimum Gasteiger partial charge on any atom is -0.481 e. The molecule has 4 nitrogen and oxygen atoms in total. The number of ether oxygens (including phenoxy) is 1. The van der Waals surface area contributed by atoms with Gasteiger partial charge >= 0.3 is 0 Å². The summed E-state index contributed by atoms with van der Waals surface area (Å²) in [6, 6.07) is 10.3. The summed E-state index contributed by atoms with van der Waals surface area (Å²) in [5.74, 6) is -1.07. The van der Waals surface area contributed by atoms with Crippen LogP contribution in [0, 0.1) is 11.6 Å². The van der Waals surface area contributed by atoms with E-state index in [1.807, 2.05) is 0 Å². The van der Waals surface area contributed by atoms with E-state index in [0.717, 1.165) is 0 Å². The molecule has 0 aliphatic rings. The van der Waals surface area contributed by atoms with Gasteiger partial charge in [0.1, 0.15) is 17.4 Å². The highest BCUT2D eigenvalue weighted by molar-refractivity contribution is 5.81. The van der Waals surface area contributed by atoms with Gasteiger partial charge in [0, 0.05) is 6.07 Å². The van der Waals surface area contributed by atoms with E-state index < -0.39 is 35.8 Å². The lowest BCUT2D eigenvalue weighted by Crippen LogP contribution is -2.43. The Labute approximate surface area is 139 Å². The molecule has 0 fully saturated rings. The minimum atomic E-state index is -0.990. The van der Waals surface area contributed by atoms with Crippen LogP contribution in [0.3, 0.4) is 0 Å². The highest BCUT2D eigenvalue weighted by Crippen LogP contribution is 2.18. The zero-order valence-corrected chi connectivity index (χ0v) is 13.4. The van der Waals surface area contributed by atoms with Gasteiger partial charge in [0.2, 0.25) is 0 Å². The fourth-order valence-corrected chi connectivity index (χ4v) is 2.17. The van der Waals surface area contributed by atoms with Crippen molar-refractivity contribution in [2.45, 2.75) is 32.1 Å². The third-order valence-corrected chi connectivity index (χ3v) is 3.53. The van der Waals surface area contributed by atoms with Gasteiger partial charge in [-0.15, -0.1) is 0 Å². The van der Waals surface area contributed by atoms with Gasteiger partial charge in [-0.3, -0.25) is 4.79 Å². The number of carbonyl (C=O) groups is 1. The Balaban J connectivity index is 1.93. The van der Waals surface area contributed by atoms with Crippen LogP contribution >= 0.6 is 0 Å². The van der Waals surface area contributed by atoms with Crippen LogP contribution in [0.5, 0.6) is 5.75 Å². The van der Waals surface area contributed by atoms with Crippen molar-refractivity contribution in [3.8, 4) is 5.75 Å². The fourth-order valence-electron chi connectivity index (χ4n) is 2.17. The number of benzene rings is 2. The molecule has 2 aromatic rings. The molecule has 2 aromatic carbocycles. The van der Waals surface area contributed by atoms with Crippen LogP contribution in [0.25, 0.3) is 0 Å². The molecular formula is C18H19F2NO3. The summed E-state index contributed by atoms with van der Waals surface area (Å²) in [5, 5.41) is 12.8. The normalized spacial score (nSPS) is 14.5. The summed E-state index contributed by atoms with van der Waals surface area (Å²) in [7, 11) is 0. The fraction of sp³-hybridized carbons (Fsp3) is 0.278. The molecule has 0 spiro atoms. The first kappa shape index (κ1) is 17.9. The van der Waals surface area contributed by atoms with Crippen LogP contribution in [0.1, 0.15) is 25.5 Å². The molecule has 24 heavy (non-hydrogen) atoms. The Morgan fingerprint density at radius 3 is 2.38 bits per heavy atom. The number of hydrogen-bond donors (Lipinski definition) is 2. The highest BCUT2D eigenvalue weighted by atomic mass is 19.1. The number of halogens is 2. The van der Waals surface area contributed by atoms with E-state index in [2.05, 4.69) is 5.32 Å². The van der Waals surface area contributed by atoms with E-state index in [1.165, 1.54) is 49.4 Å². The van der Waals surface area contributed by atoms with Crippen molar-refractivity contribution in [1.82, 2.24) is 5.32 Å². The van der Waals surface area contributed by atoms with Crippen molar-refractivity contribution in [2.24, 2.45) is 0 Å². The van der Waals surface area contributed by atoms with E-state index in [1.54, 1.807) is 13.0 Å². The quantitative estimate of drug-likeness (QED) is 0.853. The van der Waals surface area contributed by atoms with Gasteiger partial charge in [-0.2, -0.15) is 0 Å². The highest BCUT2D eigenvalue weighted by Gasteiger charge is 2.22. The third kappa shape index (κ3) is 4.76. The zero-order chi connectivity index (χ0) is 17.7. The van der Waals surface area contributed by atoms with Gasteiger partial charge in [-0.05, 0) is 43.7 Å². The first-order chi connectivity index (χ1) is 11.4. The standard InChI is InChI=1S/C18H19F2NO3/c1-11(17(22)13-6-8-14(19)9-7-13)21-18(23)12(2)24-16-5-3-4-15(20)10-16/h3-12,17,22H,1-2H3,(H,21,23). The van der Waals surface area contributed by atoms with Crippen LogP contribution in [-0.4, -0.2) is 23.2 Å². The molecule has 1 amide bonds. The summed E-state index contributed by atoms with van der Waals surface area (Å²) in [5.41, 5.74) is 0.489. The molecule has 6 heteroatoms. The zero-order valence-electron chi connectivity index (χ0n) is 13.4. The molecule has 3 unspecified atom stereocenters. The molecule has 0 saturated heterocycles. The maximum Gasteiger partial charge on any atom is 0.261 e. The van der Waals surface area contributed by atoms with Gasteiger partial charge in [-0.1, -0.05) is 18.2 Å². The molecule has 0 aliphatic carbocycles. The van der Waals surface area contributed by atoms with Crippen LogP contribution in [-0.2, 0) is 4.79 Å². The maximum atomic E-state index is 13.1. The Kier molecular flexibility index (Phi) is 5.87. The van der Waals surface area contributed by atoms with Gasteiger partial charge in [-0.25, -0.2) is 8.78 Å². The van der Waals surface area contributed by atoms with Crippen molar-refractivity contribution in [2.75, 3.05) is 0 Å². The molecule has 128 valence electrons. The van der Waals surface area contributed by atoms with Crippen molar-refractivity contribution >= 4 is 5.91 Å². The summed E-state index contributed by atoms with van der Waals surface area (Å²) in [6.45, 7) is 3.15. The number of carbonyl (C=O) groups excluding carboxylic acids is 1. The van der Waals surface area contributed by atoms with Gasteiger partial charge in [0.05, 0.1) is 12.1 Å². The number of nitrogens with one attached hydrogen (secondary N) is 1. The SMILES string of the molecule is CC(Oc1cccc(F)c1)C(=O)NC(C)C(O)c1ccc(F)cc1. The molecule has 3 atom stereocenters. The van der Waals surface area contributed by atoms with Gasteiger partial charge in [0.15, 0.2) is 6.10 Å². The summed E-state index contributed by atoms with van der Waals surface area (Å²) in [4.78, 5) is 12.1. The second-order valence-corrected chi connectivity index (χ2v) is 5.51. The monoisotopic (exact) mass is 335 g/mol. The topological polar surface area (TPSA) is 58.6 Å².